The molecule has 14 heteroatoms. The van der Waals surface area contributed by atoms with Crippen LogP contribution in [0.2, 0.25) is 5.02 Å². The van der Waals surface area contributed by atoms with E-state index in [2.05, 4.69) is 32.4 Å². The van der Waals surface area contributed by atoms with Crippen LogP contribution >= 0.6 is 22.9 Å². The van der Waals surface area contributed by atoms with Gasteiger partial charge in [-0.1, -0.05) is 47.7 Å². The van der Waals surface area contributed by atoms with Crippen LogP contribution in [-0.2, 0) is 29.9 Å². The molecular formula is C31H28ClN5O6S2. The van der Waals surface area contributed by atoms with Gasteiger partial charge in [-0.2, -0.15) is 0 Å². The Morgan fingerprint density at radius 3 is 2.71 bits per heavy atom. The van der Waals surface area contributed by atoms with Crippen molar-refractivity contribution >= 4 is 66.6 Å². The molecule has 2 aliphatic rings. The number of rotatable bonds is 6. The number of amides is 1. The van der Waals surface area contributed by atoms with Gasteiger partial charge in [0.15, 0.2) is 15.7 Å². The van der Waals surface area contributed by atoms with Crippen molar-refractivity contribution in [1.82, 2.24) is 20.2 Å². The molecule has 0 radical (unpaired) electrons. The molecule has 45 heavy (non-hydrogen) atoms. The minimum absolute atomic E-state index is 0.217. The lowest BCUT2D eigenvalue weighted by atomic mass is 10.1. The summed E-state index contributed by atoms with van der Waals surface area (Å²) in [6.45, 7) is 2.04. The fourth-order valence-electron chi connectivity index (χ4n) is 4.96. The van der Waals surface area contributed by atoms with E-state index in [1.54, 1.807) is 48.5 Å². The summed E-state index contributed by atoms with van der Waals surface area (Å²) < 4.78 is 36.7. The number of morpholine rings is 1. The van der Waals surface area contributed by atoms with Gasteiger partial charge in [0.2, 0.25) is 0 Å². The Morgan fingerprint density at radius 1 is 1.13 bits per heavy atom. The summed E-state index contributed by atoms with van der Waals surface area (Å²) in [5, 5.41) is 6.79. The second-order valence-electron chi connectivity index (χ2n) is 10.5. The summed E-state index contributed by atoms with van der Waals surface area (Å²) in [4.78, 5) is 36.0. The third kappa shape index (κ3) is 7.43. The van der Waals surface area contributed by atoms with Crippen molar-refractivity contribution in [3.8, 4) is 11.8 Å². The van der Waals surface area contributed by atoms with Crippen molar-refractivity contribution < 1.29 is 27.5 Å². The van der Waals surface area contributed by atoms with Crippen LogP contribution in [0.4, 0.5) is 16.3 Å². The number of carbonyl (C=O) groups is 2. The lowest BCUT2D eigenvalue weighted by Gasteiger charge is -2.25. The average Bonchev–Trinajstić information content (AvgIpc) is 3.70. The zero-order valence-corrected chi connectivity index (χ0v) is 26.3. The quantitative estimate of drug-likeness (QED) is 0.173. The summed E-state index contributed by atoms with van der Waals surface area (Å²) in [6, 6.07) is 15.0. The first-order valence-corrected chi connectivity index (χ1v) is 17.0. The highest BCUT2D eigenvalue weighted by Gasteiger charge is 2.32. The van der Waals surface area contributed by atoms with Crippen LogP contribution in [0.1, 0.15) is 16.9 Å². The molecule has 0 aliphatic carbocycles. The minimum Gasteiger partial charge on any atom is -0.378 e. The maximum atomic E-state index is 12.8. The van der Waals surface area contributed by atoms with Crippen molar-refractivity contribution in [1.29, 1.82) is 0 Å². The summed E-state index contributed by atoms with van der Waals surface area (Å²) in [5.41, 5.74) is 1.84. The van der Waals surface area contributed by atoms with E-state index in [1.165, 1.54) is 22.6 Å². The number of aromatic nitrogens is 2. The predicted octanol–water partition coefficient (Wildman–Crippen LogP) is 4.39. The molecular weight excluding hydrogens is 638 g/mol. The Balaban J connectivity index is 1.09. The molecule has 2 aliphatic heterocycles. The molecule has 232 valence electrons. The topological polar surface area (TPSA) is 140 Å². The van der Waals surface area contributed by atoms with Crippen molar-refractivity contribution in [2.45, 2.75) is 23.1 Å². The van der Waals surface area contributed by atoms with Crippen LogP contribution in [0.3, 0.4) is 0 Å². The van der Waals surface area contributed by atoms with Gasteiger partial charge in [-0.15, -0.1) is 11.3 Å². The predicted molar refractivity (Wildman–Crippen MR) is 170 cm³/mol. The van der Waals surface area contributed by atoms with E-state index in [0.29, 0.717) is 66.9 Å². The SMILES string of the molecule is O=C(OC(=O)N1CCOCC1)[C@H]1CN[C@H](C#Cc2cc3ncnc(Nc4ccc(CS(=O)(=O)c5ccccc5)c(Cl)c4)c3s2)C1. The number of benzene rings is 2. The maximum absolute atomic E-state index is 12.8. The van der Waals surface area contributed by atoms with Crippen molar-refractivity contribution in [2.24, 2.45) is 5.92 Å². The van der Waals surface area contributed by atoms with Crippen LogP contribution in [-0.4, -0.2) is 74.2 Å². The molecule has 2 N–H and O–H groups in total. The molecule has 0 spiro atoms. The summed E-state index contributed by atoms with van der Waals surface area (Å²) >= 11 is 7.91. The lowest BCUT2D eigenvalue weighted by molar-refractivity contribution is -0.142. The van der Waals surface area contributed by atoms with Crippen molar-refractivity contribution in [3.05, 3.63) is 76.4 Å². The van der Waals surface area contributed by atoms with E-state index >= 15 is 0 Å². The van der Waals surface area contributed by atoms with Crippen molar-refractivity contribution in [3.63, 3.8) is 0 Å². The Bertz CT molecular complexity index is 1900. The first-order valence-electron chi connectivity index (χ1n) is 14.2. The zero-order chi connectivity index (χ0) is 31.4. The van der Waals surface area contributed by atoms with Crippen LogP contribution in [0.5, 0.6) is 0 Å². The van der Waals surface area contributed by atoms with Gasteiger partial charge in [-0.3, -0.25) is 4.79 Å². The molecule has 2 fully saturated rings. The highest BCUT2D eigenvalue weighted by atomic mass is 35.5. The second kappa shape index (κ2) is 13.5. The number of sulfone groups is 1. The molecule has 0 saturated carbocycles. The number of hydrogen-bond donors (Lipinski definition) is 2. The lowest BCUT2D eigenvalue weighted by Crippen LogP contribution is -2.42. The zero-order valence-electron chi connectivity index (χ0n) is 23.9. The number of thiophene rings is 1. The second-order valence-corrected chi connectivity index (χ2v) is 13.9. The van der Waals surface area contributed by atoms with Gasteiger partial charge in [0.25, 0.3) is 0 Å². The Morgan fingerprint density at radius 2 is 1.93 bits per heavy atom. The molecule has 6 rings (SSSR count). The smallest absolute Gasteiger partial charge is 0.378 e. The molecule has 2 aromatic heterocycles. The molecule has 0 bridgehead atoms. The largest absolute Gasteiger partial charge is 0.417 e. The highest BCUT2D eigenvalue weighted by molar-refractivity contribution is 7.90. The first-order chi connectivity index (χ1) is 21.7. The summed E-state index contributed by atoms with van der Waals surface area (Å²) in [6.07, 6.45) is 1.25. The van der Waals surface area contributed by atoms with E-state index in [0.717, 1.165) is 9.58 Å². The maximum Gasteiger partial charge on any atom is 0.417 e. The van der Waals surface area contributed by atoms with E-state index < -0.39 is 27.8 Å². The molecule has 2 saturated heterocycles. The monoisotopic (exact) mass is 665 g/mol. The number of esters is 1. The van der Waals surface area contributed by atoms with E-state index in [9.17, 15) is 18.0 Å². The van der Waals surface area contributed by atoms with Crippen LogP contribution < -0.4 is 10.6 Å². The third-order valence-corrected chi connectivity index (χ3v) is 10.4. The fraction of sp³-hybridized carbons (Fsp3) is 0.290. The Kier molecular flexibility index (Phi) is 9.29. The minimum atomic E-state index is -3.55. The van der Waals surface area contributed by atoms with Gasteiger partial charge >= 0.3 is 12.1 Å². The van der Waals surface area contributed by atoms with Gasteiger partial charge in [0.05, 0.1) is 50.9 Å². The molecule has 0 unspecified atom stereocenters. The standard InChI is InChI=1S/C31H28ClN5O6S2/c32-26-15-23(7-6-20(26)18-45(40,41)25-4-2-1-3-5-25)36-29-28-27(34-19-35-29)16-24(44-28)9-8-22-14-21(17-33-22)30(38)43-31(39)37-10-12-42-13-11-37/h1-7,15-16,19,21-22,33H,10-14,17-18H2,(H,34,35,36)/t21-,22-/m1/s1. The normalized spacial score (nSPS) is 18.3. The van der Waals surface area contributed by atoms with Gasteiger partial charge in [-0.25, -0.2) is 23.2 Å². The summed E-state index contributed by atoms with van der Waals surface area (Å²) in [7, 11) is -3.55. The molecule has 1 amide bonds. The fourth-order valence-corrected chi connectivity index (χ4v) is 7.61. The molecule has 2 aromatic carbocycles. The van der Waals surface area contributed by atoms with Crippen LogP contribution in [0.15, 0.2) is 65.8 Å². The average molecular weight is 666 g/mol. The number of nitrogens with one attached hydrogen (secondary N) is 2. The molecule has 4 heterocycles. The number of ether oxygens (including phenoxy) is 2. The number of nitrogens with zero attached hydrogens (tertiary/aromatic N) is 3. The Labute approximate surface area is 268 Å². The molecule has 11 nitrogen and oxygen atoms in total. The van der Waals surface area contributed by atoms with Crippen LogP contribution in [0.25, 0.3) is 10.2 Å². The third-order valence-electron chi connectivity index (χ3n) is 7.37. The van der Waals surface area contributed by atoms with Crippen molar-refractivity contribution in [2.75, 3.05) is 38.2 Å². The van der Waals surface area contributed by atoms with E-state index in [1.807, 2.05) is 6.07 Å². The summed E-state index contributed by atoms with van der Waals surface area (Å²) in [5.74, 6) is 5.66. The van der Waals surface area contributed by atoms with Gasteiger partial charge < -0.3 is 25.0 Å². The molecule has 4 aromatic rings. The van der Waals surface area contributed by atoms with Gasteiger partial charge in [-0.05, 0) is 42.3 Å². The van der Waals surface area contributed by atoms with Gasteiger partial charge in [0.1, 0.15) is 6.33 Å². The van der Waals surface area contributed by atoms with E-state index in [-0.39, 0.29) is 16.7 Å². The molecule has 2 atom stereocenters. The highest BCUT2D eigenvalue weighted by Crippen LogP contribution is 2.32. The number of fused-ring (bicyclic) bond motifs is 1. The number of halogens is 1. The van der Waals surface area contributed by atoms with E-state index in [4.69, 9.17) is 21.1 Å². The number of anilines is 2. The van der Waals surface area contributed by atoms with Gasteiger partial charge in [0, 0.05) is 30.3 Å². The number of carbonyl (C=O) groups excluding carboxylic acids is 2. The number of hydrogen-bond acceptors (Lipinski definition) is 11. The Hall–Kier alpha value is -4.06. The first kappa shape index (κ1) is 30.9. The van der Waals surface area contributed by atoms with Crippen LogP contribution in [0, 0.1) is 17.8 Å².